The molecular formula is C24H31NO5. The molecule has 0 aromatic heterocycles. The Kier molecular flexibility index (Phi) is 7.97. The van der Waals surface area contributed by atoms with Crippen molar-refractivity contribution in [2.75, 3.05) is 33.9 Å². The van der Waals surface area contributed by atoms with Gasteiger partial charge in [-0.15, -0.1) is 0 Å². The number of nitrogens with zero attached hydrogens (tertiary/aromatic N) is 1. The van der Waals surface area contributed by atoms with Crippen molar-refractivity contribution >= 4 is 5.97 Å². The molecular weight excluding hydrogens is 382 g/mol. The minimum Gasteiger partial charge on any atom is -0.508 e. The Hall–Kier alpha value is -2.73. The van der Waals surface area contributed by atoms with Crippen molar-refractivity contribution in [2.24, 2.45) is 0 Å². The highest BCUT2D eigenvalue weighted by Crippen LogP contribution is 2.29. The zero-order valence-electron chi connectivity index (χ0n) is 17.9. The van der Waals surface area contributed by atoms with Gasteiger partial charge in [-0.25, -0.2) is 0 Å². The van der Waals surface area contributed by atoms with Crippen molar-refractivity contribution in [1.82, 2.24) is 4.90 Å². The van der Waals surface area contributed by atoms with Crippen LogP contribution in [0.5, 0.6) is 17.2 Å². The number of phenolic OH excluding ortho intramolecular Hbond substituents is 1. The number of esters is 1. The van der Waals surface area contributed by atoms with Crippen LogP contribution in [0.4, 0.5) is 0 Å². The Morgan fingerprint density at radius 1 is 1.03 bits per heavy atom. The summed E-state index contributed by atoms with van der Waals surface area (Å²) in [6.07, 6.45) is 4.06. The quantitative estimate of drug-likeness (QED) is 0.470. The van der Waals surface area contributed by atoms with Crippen LogP contribution < -0.4 is 9.47 Å². The molecule has 0 unspecified atom stereocenters. The maximum absolute atomic E-state index is 11.2. The number of rotatable bonds is 10. The third kappa shape index (κ3) is 6.13. The van der Waals surface area contributed by atoms with Crippen LogP contribution in [0.1, 0.15) is 42.4 Å². The van der Waals surface area contributed by atoms with Crippen molar-refractivity contribution in [3.05, 3.63) is 53.1 Å². The van der Waals surface area contributed by atoms with Crippen molar-refractivity contribution in [3.63, 3.8) is 0 Å². The molecule has 2 aromatic rings. The first-order valence-corrected chi connectivity index (χ1v) is 10.5. The smallest absolute Gasteiger partial charge is 0.305 e. The van der Waals surface area contributed by atoms with Crippen molar-refractivity contribution in [1.29, 1.82) is 0 Å². The van der Waals surface area contributed by atoms with Gasteiger partial charge in [0.25, 0.3) is 0 Å². The summed E-state index contributed by atoms with van der Waals surface area (Å²) in [5.41, 5.74) is 3.29. The van der Waals surface area contributed by atoms with Gasteiger partial charge in [-0.1, -0.05) is 18.2 Å². The van der Waals surface area contributed by atoms with Gasteiger partial charge in [0.1, 0.15) is 17.2 Å². The summed E-state index contributed by atoms with van der Waals surface area (Å²) in [5.74, 6) is 1.43. The van der Waals surface area contributed by atoms with E-state index in [2.05, 4.69) is 27.8 Å². The van der Waals surface area contributed by atoms with E-state index in [9.17, 15) is 9.90 Å². The highest BCUT2D eigenvalue weighted by Gasteiger charge is 2.15. The van der Waals surface area contributed by atoms with Crippen molar-refractivity contribution < 1.29 is 24.1 Å². The maximum Gasteiger partial charge on any atom is 0.305 e. The molecule has 162 valence electrons. The highest BCUT2D eigenvalue weighted by molar-refractivity contribution is 5.69. The molecule has 30 heavy (non-hydrogen) atoms. The molecule has 6 nitrogen and oxygen atoms in total. The Morgan fingerprint density at radius 2 is 1.80 bits per heavy atom. The van der Waals surface area contributed by atoms with Crippen LogP contribution in [0.15, 0.2) is 36.4 Å². The highest BCUT2D eigenvalue weighted by atomic mass is 16.5. The molecule has 1 fully saturated rings. The van der Waals surface area contributed by atoms with E-state index in [1.165, 1.54) is 25.5 Å². The molecule has 1 aliphatic heterocycles. The molecule has 6 heteroatoms. The molecule has 0 radical (unpaired) electrons. The van der Waals surface area contributed by atoms with E-state index in [-0.39, 0.29) is 11.7 Å². The molecule has 1 saturated heterocycles. The number of likely N-dealkylation sites (tertiary alicyclic amines) is 1. The first-order chi connectivity index (χ1) is 14.6. The Bertz CT molecular complexity index is 845. The molecule has 3 rings (SSSR count). The molecule has 0 amide bonds. The summed E-state index contributed by atoms with van der Waals surface area (Å²) in [4.78, 5) is 13.7. The van der Waals surface area contributed by atoms with Crippen LogP contribution >= 0.6 is 0 Å². The van der Waals surface area contributed by atoms with Crippen molar-refractivity contribution in [2.45, 2.75) is 38.6 Å². The van der Waals surface area contributed by atoms with E-state index >= 15 is 0 Å². The number of hydrogen-bond acceptors (Lipinski definition) is 6. The Balaban J connectivity index is 1.68. The van der Waals surface area contributed by atoms with E-state index in [1.54, 1.807) is 19.2 Å². The monoisotopic (exact) mass is 413 g/mol. The lowest BCUT2D eigenvalue weighted by molar-refractivity contribution is -0.140. The molecule has 0 aliphatic carbocycles. The lowest BCUT2D eigenvalue weighted by Crippen LogP contribution is -2.18. The fourth-order valence-corrected chi connectivity index (χ4v) is 3.76. The first kappa shape index (κ1) is 22.0. The molecule has 0 spiro atoms. The van der Waals surface area contributed by atoms with Gasteiger partial charge in [0, 0.05) is 31.0 Å². The van der Waals surface area contributed by atoms with Gasteiger partial charge in [0.15, 0.2) is 0 Å². The summed E-state index contributed by atoms with van der Waals surface area (Å²) in [7, 11) is 3.09. The predicted octanol–water partition coefficient (Wildman–Crippen LogP) is 3.92. The molecule has 1 aliphatic rings. The van der Waals surface area contributed by atoms with E-state index in [4.69, 9.17) is 9.47 Å². The largest absolute Gasteiger partial charge is 0.508 e. The van der Waals surface area contributed by atoms with E-state index in [0.717, 1.165) is 36.5 Å². The van der Waals surface area contributed by atoms with Crippen LogP contribution in [0, 0.1) is 0 Å². The van der Waals surface area contributed by atoms with Crippen molar-refractivity contribution in [3.8, 4) is 17.2 Å². The third-order valence-corrected chi connectivity index (χ3v) is 5.40. The van der Waals surface area contributed by atoms with Crippen LogP contribution in [0.2, 0.25) is 0 Å². The summed E-state index contributed by atoms with van der Waals surface area (Å²) >= 11 is 0. The topological polar surface area (TPSA) is 68.2 Å². The normalized spacial score (nSPS) is 13.9. The summed E-state index contributed by atoms with van der Waals surface area (Å²) in [5, 5.41) is 9.86. The minimum absolute atomic E-state index is 0.153. The molecule has 0 atom stereocenters. The zero-order valence-corrected chi connectivity index (χ0v) is 17.9. The Morgan fingerprint density at radius 3 is 2.53 bits per heavy atom. The van der Waals surface area contributed by atoms with Gasteiger partial charge in [0.05, 0.1) is 20.8 Å². The van der Waals surface area contributed by atoms with Gasteiger partial charge in [-0.3, -0.25) is 9.69 Å². The average molecular weight is 414 g/mol. The molecule has 1 heterocycles. The third-order valence-electron chi connectivity index (χ3n) is 5.40. The lowest BCUT2D eigenvalue weighted by atomic mass is 10.0. The number of phenols is 1. The minimum atomic E-state index is -0.254. The van der Waals surface area contributed by atoms with Gasteiger partial charge < -0.3 is 19.3 Å². The second kappa shape index (κ2) is 10.9. The number of benzene rings is 2. The van der Waals surface area contributed by atoms with Gasteiger partial charge in [-0.2, -0.15) is 0 Å². The van der Waals surface area contributed by atoms with Gasteiger partial charge in [0.2, 0.25) is 0 Å². The molecule has 0 saturated carbocycles. The number of hydrogen-bond donors (Lipinski definition) is 1. The maximum atomic E-state index is 11.2. The van der Waals surface area contributed by atoms with Crippen LogP contribution in [-0.4, -0.2) is 49.9 Å². The number of methoxy groups -OCH3 is 2. The van der Waals surface area contributed by atoms with Crippen LogP contribution in [0.25, 0.3) is 0 Å². The van der Waals surface area contributed by atoms with Crippen LogP contribution in [0.3, 0.4) is 0 Å². The molecule has 1 N–H and O–H groups in total. The summed E-state index contributed by atoms with van der Waals surface area (Å²) in [6, 6.07) is 11.5. The summed E-state index contributed by atoms with van der Waals surface area (Å²) < 4.78 is 16.2. The van der Waals surface area contributed by atoms with Gasteiger partial charge in [-0.05, 0) is 55.6 Å². The van der Waals surface area contributed by atoms with Gasteiger partial charge >= 0.3 is 5.97 Å². The predicted molar refractivity (Wildman–Crippen MR) is 115 cm³/mol. The average Bonchev–Trinajstić information content (AvgIpc) is 3.26. The zero-order chi connectivity index (χ0) is 21.3. The summed E-state index contributed by atoms with van der Waals surface area (Å²) in [6.45, 7) is 3.59. The lowest BCUT2D eigenvalue weighted by Gasteiger charge is -2.18. The van der Waals surface area contributed by atoms with E-state index in [0.29, 0.717) is 31.6 Å². The number of carbonyl (C=O) groups excluding carboxylic acids is 1. The molecule has 0 bridgehead atoms. The second-order valence-electron chi connectivity index (χ2n) is 7.63. The SMILES string of the molecule is COC(=O)CCCOc1cc(O)ccc1Cc1ccc(CN2CCCC2)c(OC)c1. The van der Waals surface area contributed by atoms with Crippen LogP contribution in [-0.2, 0) is 22.5 Å². The fourth-order valence-electron chi connectivity index (χ4n) is 3.76. The number of ether oxygens (including phenoxy) is 3. The molecule has 2 aromatic carbocycles. The fraction of sp³-hybridized carbons (Fsp3) is 0.458. The van der Waals surface area contributed by atoms with E-state index in [1.807, 2.05) is 6.07 Å². The Labute approximate surface area is 178 Å². The standard InChI is InChI=1S/C24H31NO5/c1-28-22-15-18(7-8-20(22)17-25-11-3-4-12-25)14-19-9-10-21(26)16-23(19)30-13-5-6-24(27)29-2/h7-10,15-16,26H,3-6,11-14,17H2,1-2H3. The number of aromatic hydroxyl groups is 1. The number of carbonyl (C=O) groups is 1. The first-order valence-electron chi connectivity index (χ1n) is 10.5. The van der Waals surface area contributed by atoms with E-state index < -0.39 is 0 Å². The second-order valence-corrected chi connectivity index (χ2v) is 7.63.